The number of hydrogen-bond donors (Lipinski definition) is 2. The van der Waals surface area contributed by atoms with Crippen molar-refractivity contribution in [1.29, 1.82) is 4.78 Å². The van der Waals surface area contributed by atoms with Crippen LogP contribution in [0.5, 0.6) is 0 Å². The fourth-order valence-electron chi connectivity index (χ4n) is 2.69. The van der Waals surface area contributed by atoms with Crippen LogP contribution in [-0.2, 0) is 27.5 Å². The lowest BCUT2D eigenvalue weighted by Crippen LogP contribution is -2.27. The Hall–Kier alpha value is -2.19. The highest BCUT2D eigenvalue weighted by molar-refractivity contribution is 7.92. The van der Waals surface area contributed by atoms with Crippen LogP contribution in [-0.4, -0.2) is 25.8 Å². The van der Waals surface area contributed by atoms with Crippen molar-refractivity contribution in [3.8, 4) is 0 Å². The van der Waals surface area contributed by atoms with Gasteiger partial charge in [0, 0.05) is 16.3 Å². The molecule has 1 aromatic heterocycles. The van der Waals surface area contributed by atoms with Gasteiger partial charge in [-0.25, -0.2) is 19.0 Å². The molecule has 25 heavy (non-hydrogen) atoms. The van der Waals surface area contributed by atoms with Crippen LogP contribution in [0.2, 0.25) is 5.02 Å². The molecule has 0 unspecified atom stereocenters. The van der Waals surface area contributed by atoms with Gasteiger partial charge in [-0.1, -0.05) is 30.7 Å². The highest BCUT2D eigenvalue weighted by Gasteiger charge is 2.33. The molecule has 0 saturated heterocycles. The van der Waals surface area contributed by atoms with Gasteiger partial charge in [0.25, 0.3) is 0 Å². The van der Waals surface area contributed by atoms with Crippen molar-refractivity contribution >= 4 is 38.9 Å². The number of nitrogens with zero attached hydrogens (tertiary/aromatic N) is 3. The Balaban J connectivity index is 2.01. The van der Waals surface area contributed by atoms with Gasteiger partial charge < -0.3 is 5.73 Å². The van der Waals surface area contributed by atoms with Gasteiger partial charge in [-0.2, -0.15) is 0 Å². The zero-order chi connectivity index (χ0) is 18.2. The summed E-state index contributed by atoms with van der Waals surface area (Å²) in [5.41, 5.74) is 7.35. The first-order valence-electron chi connectivity index (χ1n) is 7.79. The van der Waals surface area contributed by atoms with E-state index in [-0.39, 0.29) is 29.1 Å². The van der Waals surface area contributed by atoms with Gasteiger partial charge in [-0.3, -0.25) is 9.69 Å². The molecule has 1 aliphatic rings. The zero-order valence-electron chi connectivity index (χ0n) is 13.7. The molecule has 3 N–H and O–H groups in total. The molecule has 2 heterocycles. The summed E-state index contributed by atoms with van der Waals surface area (Å²) in [6, 6.07) is 7.14. The molecule has 1 amide bonds. The van der Waals surface area contributed by atoms with Crippen LogP contribution in [0.25, 0.3) is 0 Å². The summed E-state index contributed by atoms with van der Waals surface area (Å²) >= 11 is 5.89. The second-order valence-electron chi connectivity index (χ2n) is 5.86. The number of nitrogens with two attached hydrogens (primary N) is 1. The second kappa shape index (κ2) is 6.61. The van der Waals surface area contributed by atoms with Gasteiger partial charge in [0.05, 0.1) is 13.0 Å². The number of nitrogen functional groups attached to an aromatic ring is 1. The molecule has 3 rings (SSSR count). The number of halogens is 1. The Morgan fingerprint density at radius 1 is 1.32 bits per heavy atom. The summed E-state index contributed by atoms with van der Waals surface area (Å²) in [6.45, 7) is 2.13. The van der Waals surface area contributed by atoms with Crippen LogP contribution in [0.1, 0.15) is 24.5 Å². The maximum absolute atomic E-state index is 12.5. The molecule has 0 fully saturated rings. The molecule has 0 aliphatic carbocycles. The monoisotopic (exact) mass is 379 g/mol. The van der Waals surface area contributed by atoms with Crippen LogP contribution >= 0.6 is 11.6 Å². The Kier molecular flexibility index (Phi) is 4.66. The SMILES string of the molecule is CCC[S@](=N)(=O)c1nc(N)c2c(n1)N(Cc1ccc(Cl)cc1)C(=O)C2. The van der Waals surface area contributed by atoms with E-state index in [4.69, 9.17) is 22.1 Å². The fraction of sp³-hybridized carbons (Fsp3) is 0.312. The first-order chi connectivity index (χ1) is 11.8. The van der Waals surface area contributed by atoms with E-state index in [0.29, 0.717) is 29.4 Å². The molecule has 0 spiro atoms. The average molecular weight is 380 g/mol. The molecule has 9 heteroatoms. The van der Waals surface area contributed by atoms with Crippen LogP contribution < -0.4 is 10.6 Å². The van der Waals surface area contributed by atoms with E-state index in [1.165, 1.54) is 4.90 Å². The summed E-state index contributed by atoms with van der Waals surface area (Å²) in [6.07, 6.45) is 0.665. The summed E-state index contributed by atoms with van der Waals surface area (Å²) < 4.78 is 20.5. The Morgan fingerprint density at radius 2 is 2.00 bits per heavy atom. The number of hydrogen-bond acceptors (Lipinski definition) is 6. The maximum atomic E-state index is 12.5. The van der Waals surface area contributed by atoms with Crippen LogP contribution in [0, 0.1) is 4.78 Å². The number of rotatable bonds is 5. The zero-order valence-corrected chi connectivity index (χ0v) is 15.2. The van der Waals surface area contributed by atoms with Crippen molar-refractivity contribution in [2.45, 2.75) is 31.5 Å². The molecule has 132 valence electrons. The van der Waals surface area contributed by atoms with Crippen molar-refractivity contribution in [3.63, 3.8) is 0 Å². The third kappa shape index (κ3) is 3.45. The highest BCUT2D eigenvalue weighted by atomic mass is 35.5. The van der Waals surface area contributed by atoms with Crippen LogP contribution in [0.4, 0.5) is 11.6 Å². The molecule has 0 radical (unpaired) electrons. The minimum absolute atomic E-state index is 0.0992. The molecule has 0 saturated carbocycles. The van der Waals surface area contributed by atoms with Crippen molar-refractivity contribution in [1.82, 2.24) is 9.97 Å². The first-order valence-corrected chi connectivity index (χ1v) is 9.90. The van der Waals surface area contributed by atoms with Gasteiger partial charge in [0.1, 0.15) is 21.4 Å². The third-order valence-corrected chi connectivity index (χ3v) is 5.93. The van der Waals surface area contributed by atoms with Crippen LogP contribution in [0.15, 0.2) is 29.4 Å². The number of amides is 1. The molecule has 0 bridgehead atoms. The summed E-state index contributed by atoms with van der Waals surface area (Å²) in [7, 11) is -3.13. The number of benzene rings is 1. The Bertz CT molecular complexity index is 928. The predicted molar refractivity (Wildman–Crippen MR) is 97.1 cm³/mol. The second-order valence-corrected chi connectivity index (χ2v) is 8.42. The van der Waals surface area contributed by atoms with E-state index in [1.54, 1.807) is 12.1 Å². The molecule has 1 aliphatic heterocycles. The standard InChI is InChI=1S/C16H18ClN5O2S/c1-2-7-25(19,24)16-20-14(18)12-8-13(23)22(15(12)21-16)9-10-3-5-11(17)6-4-10/h3-6,19H,2,7-9H2,1H3,(H2,18,20,21)/t25-/m0/s1. The van der Waals surface area contributed by atoms with E-state index in [0.717, 1.165) is 5.56 Å². The normalized spacial score (nSPS) is 15.9. The lowest BCUT2D eigenvalue weighted by atomic mass is 10.2. The van der Waals surface area contributed by atoms with Gasteiger partial charge in [0.15, 0.2) is 0 Å². The topological polar surface area (TPSA) is 113 Å². The summed E-state index contributed by atoms with van der Waals surface area (Å²) in [4.78, 5) is 22.2. The van der Waals surface area contributed by atoms with E-state index >= 15 is 0 Å². The highest BCUT2D eigenvalue weighted by Crippen LogP contribution is 2.32. The summed E-state index contributed by atoms with van der Waals surface area (Å²) in [5, 5.41) is 0.501. The van der Waals surface area contributed by atoms with Crippen molar-refractivity contribution in [2.24, 2.45) is 0 Å². The maximum Gasteiger partial charge on any atom is 0.233 e. The lowest BCUT2D eigenvalue weighted by Gasteiger charge is -2.17. The van der Waals surface area contributed by atoms with Gasteiger partial charge in [0.2, 0.25) is 11.1 Å². The van der Waals surface area contributed by atoms with E-state index in [1.807, 2.05) is 19.1 Å². The molecule has 1 aromatic carbocycles. The Labute approximate surface area is 151 Å². The van der Waals surface area contributed by atoms with Gasteiger partial charge in [-0.05, 0) is 24.1 Å². The molecule has 2 aromatic rings. The van der Waals surface area contributed by atoms with Gasteiger partial charge in [-0.15, -0.1) is 0 Å². The van der Waals surface area contributed by atoms with E-state index in [9.17, 15) is 9.00 Å². The van der Waals surface area contributed by atoms with Crippen molar-refractivity contribution < 1.29 is 9.00 Å². The fourth-order valence-corrected chi connectivity index (χ4v) is 4.05. The quantitative estimate of drug-likeness (QED) is 0.775. The van der Waals surface area contributed by atoms with E-state index in [2.05, 4.69) is 9.97 Å². The number of carbonyl (C=O) groups excluding carboxylic acids is 1. The van der Waals surface area contributed by atoms with Gasteiger partial charge >= 0.3 is 0 Å². The van der Waals surface area contributed by atoms with Crippen molar-refractivity contribution in [3.05, 3.63) is 40.4 Å². The van der Waals surface area contributed by atoms with E-state index < -0.39 is 9.73 Å². The minimum atomic E-state index is -3.13. The van der Waals surface area contributed by atoms with Crippen LogP contribution in [0.3, 0.4) is 0 Å². The first kappa shape index (κ1) is 17.6. The molecule has 7 nitrogen and oxygen atoms in total. The Morgan fingerprint density at radius 3 is 2.64 bits per heavy atom. The number of fused-ring (bicyclic) bond motifs is 1. The molecule has 1 atom stereocenters. The molecular formula is C16H18ClN5O2S. The number of anilines is 2. The lowest BCUT2D eigenvalue weighted by molar-refractivity contribution is -0.117. The smallest absolute Gasteiger partial charge is 0.233 e. The third-order valence-electron chi connectivity index (χ3n) is 3.92. The molecular weight excluding hydrogens is 362 g/mol. The number of aromatic nitrogens is 2. The van der Waals surface area contributed by atoms with Crippen molar-refractivity contribution in [2.75, 3.05) is 16.4 Å². The average Bonchev–Trinajstić information content (AvgIpc) is 2.86. The predicted octanol–water partition coefficient (Wildman–Crippen LogP) is 2.62. The number of carbonyl (C=O) groups is 1. The number of nitrogens with one attached hydrogen (secondary N) is 1. The summed E-state index contributed by atoms with van der Waals surface area (Å²) in [5.74, 6) is 0.452. The minimum Gasteiger partial charge on any atom is -0.383 e. The largest absolute Gasteiger partial charge is 0.383 e.